The summed E-state index contributed by atoms with van der Waals surface area (Å²) < 4.78 is 23.4. The molecule has 0 radical (unpaired) electrons. The third-order valence-electron chi connectivity index (χ3n) is 16.1. The molecule has 3 unspecified atom stereocenters. The van der Waals surface area contributed by atoms with E-state index in [0.717, 1.165) is 57.8 Å². The molecule has 0 aliphatic rings. The molecule has 2 N–H and O–H groups in total. The van der Waals surface area contributed by atoms with Gasteiger partial charge in [0.2, 0.25) is 5.91 Å². The molecule has 0 fully saturated rings. The van der Waals surface area contributed by atoms with Crippen molar-refractivity contribution in [1.29, 1.82) is 0 Å². The van der Waals surface area contributed by atoms with Crippen molar-refractivity contribution in [3.8, 4) is 0 Å². The summed E-state index contributed by atoms with van der Waals surface area (Å²) >= 11 is 0. The number of phosphoric acid groups is 1. The van der Waals surface area contributed by atoms with Gasteiger partial charge in [-0.25, -0.2) is 0 Å². The minimum atomic E-state index is -4.61. The van der Waals surface area contributed by atoms with E-state index in [9.17, 15) is 19.4 Å². The molecular weight excluding hydrogens is 1040 g/mol. The lowest BCUT2D eigenvalue weighted by molar-refractivity contribution is -0.870. The number of allylic oxidation sites excluding steroid dienone is 11. The number of hydrogen-bond donors (Lipinski definition) is 2. The van der Waals surface area contributed by atoms with E-state index in [1.807, 2.05) is 27.2 Å². The normalized spacial score (nSPS) is 14.1. The van der Waals surface area contributed by atoms with Crippen LogP contribution in [0.2, 0.25) is 0 Å². The molecule has 486 valence electrons. The van der Waals surface area contributed by atoms with Crippen LogP contribution < -0.4 is 10.2 Å². The molecule has 0 spiro atoms. The summed E-state index contributed by atoms with van der Waals surface area (Å²) in [7, 11) is 1.24. The number of phosphoric ester groups is 1. The molecule has 0 saturated carbocycles. The quantitative estimate of drug-likeness (QED) is 0.0272. The largest absolute Gasteiger partial charge is 0.756 e. The molecule has 0 aliphatic carbocycles. The van der Waals surface area contributed by atoms with E-state index in [2.05, 4.69) is 79.9 Å². The Balaban J connectivity index is 3.96. The molecule has 0 heterocycles. The highest BCUT2D eigenvalue weighted by molar-refractivity contribution is 7.45. The van der Waals surface area contributed by atoms with E-state index in [1.165, 1.54) is 263 Å². The van der Waals surface area contributed by atoms with Crippen molar-refractivity contribution in [2.24, 2.45) is 0 Å². The standard InChI is InChI=1S/C74H139N2O6P/c1-6-8-10-12-14-16-18-20-22-24-26-28-29-30-31-32-33-34-35-36-37-38-39-40-41-42-43-44-45-46-47-48-50-52-54-56-58-60-62-64-66-68-74(78)75-72(71-82-83(79,80)81-70-69-76(3,4)5)73(77)67-65-63-61-59-57-55-53-51-49-27-25-23-21-19-17-15-13-11-9-7-2/h18,20,24,26,29-30,49,51,57,59,65,67,72-73,77H,6-17,19,21-23,25,27-28,31-48,50,52-56,58,60-64,66,68-71H2,1-5H3,(H-,75,78,79,80)/b20-18-,26-24-,30-29-,51-49+,59-57+,67-65+. The van der Waals surface area contributed by atoms with E-state index >= 15 is 0 Å². The van der Waals surface area contributed by atoms with Gasteiger partial charge in [0.1, 0.15) is 13.2 Å². The van der Waals surface area contributed by atoms with Gasteiger partial charge in [-0.2, -0.15) is 0 Å². The maximum absolute atomic E-state index is 13.0. The maximum Gasteiger partial charge on any atom is 0.268 e. The number of aliphatic hydroxyl groups excluding tert-OH is 1. The van der Waals surface area contributed by atoms with Gasteiger partial charge in [-0.15, -0.1) is 0 Å². The van der Waals surface area contributed by atoms with Gasteiger partial charge in [0.25, 0.3) is 7.82 Å². The number of carbonyl (C=O) groups excluding carboxylic acids is 1. The van der Waals surface area contributed by atoms with E-state index < -0.39 is 26.6 Å². The van der Waals surface area contributed by atoms with E-state index in [1.54, 1.807) is 6.08 Å². The topological polar surface area (TPSA) is 108 Å². The molecule has 0 saturated heterocycles. The Morgan fingerprint density at radius 3 is 1.06 bits per heavy atom. The molecule has 0 aromatic rings. The summed E-state index contributed by atoms with van der Waals surface area (Å²) in [5, 5.41) is 13.9. The average molecular weight is 1180 g/mol. The van der Waals surface area contributed by atoms with Crippen LogP contribution in [0.15, 0.2) is 72.9 Å². The first kappa shape index (κ1) is 80.9. The van der Waals surface area contributed by atoms with Crippen molar-refractivity contribution < 1.29 is 32.9 Å². The molecule has 0 bridgehead atoms. The van der Waals surface area contributed by atoms with Crippen molar-refractivity contribution in [2.75, 3.05) is 40.9 Å². The zero-order valence-electron chi connectivity index (χ0n) is 55.6. The van der Waals surface area contributed by atoms with Crippen molar-refractivity contribution in [2.45, 2.75) is 353 Å². The van der Waals surface area contributed by atoms with Gasteiger partial charge >= 0.3 is 0 Å². The number of unbranched alkanes of at least 4 members (excludes halogenated alkanes) is 43. The molecule has 0 aliphatic heterocycles. The number of rotatable bonds is 66. The first-order valence-corrected chi connectivity index (χ1v) is 37.3. The van der Waals surface area contributed by atoms with Crippen molar-refractivity contribution in [3.63, 3.8) is 0 Å². The lowest BCUT2D eigenvalue weighted by atomic mass is 10.0. The lowest BCUT2D eigenvalue weighted by Gasteiger charge is -2.29. The molecule has 1 amide bonds. The highest BCUT2D eigenvalue weighted by Gasteiger charge is 2.23. The summed E-state index contributed by atoms with van der Waals surface area (Å²) in [5.74, 6) is -0.206. The number of likely N-dealkylation sites (N-methyl/N-ethyl adjacent to an activating group) is 1. The highest BCUT2D eigenvalue weighted by atomic mass is 31.2. The molecule has 0 aromatic heterocycles. The Kier molecular flexibility index (Phi) is 62.8. The van der Waals surface area contributed by atoms with Crippen LogP contribution in [-0.4, -0.2) is 68.5 Å². The summed E-state index contributed by atoms with van der Waals surface area (Å²) in [6.07, 6.45) is 90.5. The van der Waals surface area contributed by atoms with Crippen molar-refractivity contribution >= 4 is 13.7 Å². The highest BCUT2D eigenvalue weighted by Crippen LogP contribution is 2.38. The van der Waals surface area contributed by atoms with Gasteiger partial charge in [-0.05, 0) is 83.5 Å². The van der Waals surface area contributed by atoms with Crippen LogP contribution in [0.3, 0.4) is 0 Å². The second-order valence-electron chi connectivity index (χ2n) is 25.6. The third kappa shape index (κ3) is 67.3. The number of nitrogens with one attached hydrogen (secondary N) is 1. The van der Waals surface area contributed by atoms with E-state index in [-0.39, 0.29) is 12.5 Å². The molecule has 0 rings (SSSR count). The fourth-order valence-corrected chi connectivity index (χ4v) is 11.3. The Bertz CT molecular complexity index is 1580. The lowest BCUT2D eigenvalue weighted by Crippen LogP contribution is -2.45. The molecule has 8 nitrogen and oxygen atoms in total. The maximum atomic E-state index is 13.0. The van der Waals surface area contributed by atoms with Crippen LogP contribution in [0.4, 0.5) is 0 Å². The third-order valence-corrected chi connectivity index (χ3v) is 17.1. The van der Waals surface area contributed by atoms with E-state index in [0.29, 0.717) is 17.4 Å². The fourth-order valence-electron chi connectivity index (χ4n) is 10.5. The number of nitrogens with zero attached hydrogens (tertiary/aromatic N) is 1. The van der Waals surface area contributed by atoms with Crippen molar-refractivity contribution in [1.82, 2.24) is 5.32 Å². The Hall–Kier alpha value is -2.06. The number of quaternary nitrogens is 1. The predicted octanol–water partition coefficient (Wildman–Crippen LogP) is 22.3. The monoisotopic (exact) mass is 1180 g/mol. The van der Waals surface area contributed by atoms with Crippen LogP contribution in [0, 0.1) is 0 Å². The van der Waals surface area contributed by atoms with Crippen LogP contribution in [0.25, 0.3) is 0 Å². The number of carbonyl (C=O) groups is 1. The second-order valence-corrected chi connectivity index (χ2v) is 27.0. The molecular formula is C74H139N2O6P. The van der Waals surface area contributed by atoms with Gasteiger partial charge < -0.3 is 28.8 Å². The first-order valence-electron chi connectivity index (χ1n) is 35.8. The van der Waals surface area contributed by atoms with Crippen LogP contribution in [-0.2, 0) is 18.4 Å². The molecule has 0 aromatic carbocycles. The zero-order valence-corrected chi connectivity index (χ0v) is 56.5. The Labute approximate surface area is 516 Å². The predicted molar refractivity (Wildman–Crippen MR) is 362 cm³/mol. The van der Waals surface area contributed by atoms with Gasteiger partial charge in [-0.1, -0.05) is 324 Å². The molecule has 83 heavy (non-hydrogen) atoms. The van der Waals surface area contributed by atoms with Gasteiger partial charge in [0.05, 0.1) is 39.9 Å². The first-order chi connectivity index (χ1) is 40.5. The SMILES string of the molecule is CCCCCCC/C=C\C/C=C\C/C=C\CCCCCCCCCCCCCCCCCCCCCCCCCCCCC(=O)NC(COP(=O)([O-])OCC[N+](C)(C)C)C(O)/C=C/CC/C=C/CC/C=C/CCCCCCCCCCCC. The summed E-state index contributed by atoms with van der Waals surface area (Å²) in [5.41, 5.74) is 0. The number of aliphatic hydroxyl groups is 1. The fraction of sp³-hybridized carbons (Fsp3) is 0.824. The van der Waals surface area contributed by atoms with Crippen LogP contribution >= 0.6 is 7.82 Å². The molecule has 9 heteroatoms. The summed E-state index contributed by atoms with van der Waals surface area (Å²) in [4.78, 5) is 25.6. The second kappa shape index (κ2) is 64.4. The Morgan fingerprint density at radius 1 is 0.422 bits per heavy atom. The van der Waals surface area contributed by atoms with E-state index in [4.69, 9.17) is 9.05 Å². The van der Waals surface area contributed by atoms with Crippen molar-refractivity contribution in [3.05, 3.63) is 72.9 Å². The van der Waals surface area contributed by atoms with Crippen LogP contribution in [0.5, 0.6) is 0 Å². The minimum absolute atomic E-state index is 0.00902. The van der Waals surface area contributed by atoms with Crippen LogP contribution in [0.1, 0.15) is 341 Å². The summed E-state index contributed by atoms with van der Waals surface area (Å²) in [6.45, 7) is 4.64. The van der Waals surface area contributed by atoms with Gasteiger partial charge in [0.15, 0.2) is 0 Å². The zero-order chi connectivity index (χ0) is 60.5. The summed E-state index contributed by atoms with van der Waals surface area (Å²) in [6, 6.07) is -0.911. The Morgan fingerprint density at radius 2 is 0.711 bits per heavy atom. The van der Waals surface area contributed by atoms with Gasteiger partial charge in [-0.3, -0.25) is 9.36 Å². The smallest absolute Gasteiger partial charge is 0.268 e. The average Bonchev–Trinajstić information content (AvgIpc) is 3.49. The number of hydrogen-bond acceptors (Lipinski definition) is 6. The number of amides is 1. The van der Waals surface area contributed by atoms with Gasteiger partial charge in [0, 0.05) is 6.42 Å². The minimum Gasteiger partial charge on any atom is -0.756 e. The molecule has 3 atom stereocenters.